The van der Waals surface area contributed by atoms with Gasteiger partial charge in [0.15, 0.2) is 11.5 Å². The van der Waals surface area contributed by atoms with Crippen LogP contribution in [0, 0.1) is 6.92 Å². The Hall–Kier alpha value is -1.66. The summed E-state index contributed by atoms with van der Waals surface area (Å²) in [5.74, 6) is 0.351. The summed E-state index contributed by atoms with van der Waals surface area (Å²) in [4.78, 5) is 2.16. The molecule has 1 aliphatic rings. The van der Waals surface area contributed by atoms with Crippen molar-refractivity contribution in [1.82, 2.24) is 4.90 Å². The first-order valence-corrected chi connectivity index (χ1v) is 6.55. The fraction of sp³-hybridized carbons (Fsp3) is 0.571. The number of ether oxygens (including phenoxy) is 3. The van der Waals surface area contributed by atoms with Gasteiger partial charge in [-0.1, -0.05) is 0 Å². The Balaban J connectivity index is 2.39. The highest BCUT2D eigenvalue weighted by Crippen LogP contribution is 2.48. The molecule has 1 fully saturated rings. The van der Waals surface area contributed by atoms with Gasteiger partial charge in [-0.15, -0.1) is 0 Å². The molecule has 1 aliphatic heterocycles. The zero-order valence-electron chi connectivity index (χ0n) is 12.1. The number of morpholine rings is 1. The number of hydrogen-bond acceptors (Lipinski definition) is 6. The lowest BCUT2D eigenvalue weighted by molar-refractivity contribution is 0.0337. The second-order valence-electron chi connectivity index (χ2n) is 4.76. The molecular weight excluding hydrogens is 262 g/mol. The zero-order chi connectivity index (χ0) is 14.7. The number of phenols is 2. The summed E-state index contributed by atoms with van der Waals surface area (Å²) in [5, 5.41) is 20.5. The fourth-order valence-corrected chi connectivity index (χ4v) is 2.40. The highest BCUT2D eigenvalue weighted by molar-refractivity contribution is 5.65. The zero-order valence-corrected chi connectivity index (χ0v) is 12.1. The molecule has 0 saturated carbocycles. The molecule has 1 heterocycles. The largest absolute Gasteiger partial charge is 0.504 e. The molecule has 0 atom stereocenters. The van der Waals surface area contributed by atoms with E-state index >= 15 is 0 Å². The minimum absolute atomic E-state index is 0.00501. The fourth-order valence-electron chi connectivity index (χ4n) is 2.40. The van der Waals surface area contributed by atoms with Crippen molar-refractivity contribution in [2.24, 2.45) is 0 Å². The normalized spacial score (nSPS) is 16.1. The van der Waals surface area contributed by atoms with Gasteiger partial charge in [0.25, 0.3) is 0 Å². The van der Waals surface area contributed by atoms with Crippen LogP contribution in [-0.4, -0.2) is 55.6 Å². The van der Waals surface area contributed by atoms with Crippen LogP contribution >= 0.6 is 0 Å². The minimum atomic E-state index is 0.00501. The first kappa shape index (κ1) is 14.7. The van der Waals surface area contributed by atoms with Crippen molar-refractivity contribution in [3.05, 3.63) is 11.1 Å². The molecule has 0 unspecified atom stereocenters. The van der Waals surface area contributed by atoms with Gasteiger partial charge >= 0.3 is 0 Å². The Labute approximate surface area is 118 Å². The topological polar surface area (TPSA) is 71.4 Å². The molecule has 1 saturated heterocycles. The molecule has 2 N–H and O–H groups in total. The van der Waals surface area contributed by atoms with Gasteiger partial charge in [-0.05, 0) is 6.92 Å². The van der Waals surface area contributed by atoms with E-state index in [0.717, 1.165) is 13.1 Å². The maximum atomic E-state index is 10.4. The molecular formula is C14H21NO5. The van der Waals surface area contributed by atoms with Crippen LogP contribution in [0.25, 0.3) is 0 Å². The maximum Gasteiger partial charge on any atom is 0.207 e. The van der Waals surface area contributed by atoms with E-state index in [4.69, 9.17) is 14.2 Å². The second kappa shape index (κ2) is 6.19. The first-order valence-electron chi connectivity index (χ1n) is 6.55. The van der Waals surface area contributed by atoms with E-state index in [2.05, 4.69) is 4.90 Å². The van der Waals surface area contributed by atoms with Crippen LogP contribution < -0.4 is 9.47 Å². The summed E-state index contributed by atoms with van der Waals surface area (Å²) in [6.07, 6.45) is 0. The van der Waals surface area contributed by atoms with Crippen LogP contribution in [0.2, 0.25) is 0 Å². The Morgan fingerprint density at radius 1 is 1.05 bits per heavy atom. The Kier molecular flexibility index (Phi) is 4.57. The van der Waals surface area contributed by atoms with E-state index in [0.29, 0.717) is 30.9 Å². The molecule has 2 rings (SSSR count). The summed E-state index contributed by atoms with van der Waals surface area (Å²) in [6, 6.07) is 0. The smallest absolute Gasteiger partial charge is 0.207 e. The monoisotopic (exact) mass is 283 g/mol. The molecule has 112 valence electrons. The molecule has 1 aromatic carbocycles. The molecule has 1 aromatic rings. The SMILES string of the molecule is COc1c(O)c(C)c(CN2CCOCC2)c(O)c1OC. The molecule has 0 spiro atoms. The van der Waals surface area contributed by atoms with Gasteiger partial charge in [0.2, 0.25) is 11.5 Å². The highest BCUT2D eigenvalue weighted by Gasteiger charge is 2.24. The second-order valence-corrected chi connectivity index (χ2v) is 4.76. The van der Waals surface area contributed by atoms with Crippen molar-refractivity contribution in [3.63, 3.8) is 0 Å². The van der Waals surface area contributed by atoms with Crippen molar-refractivity contribution < 1.29 is 24.4 Å². The predicted octanol–water partition coefficient (Wildman–Crippen LogP) is 1.26. The van der Waals surface area contributed by atoms with Gasteiger partial charge in [-0.3, -0.25) is 4.90 Å². The summed E-state index contributed by atoms with van der Waals surface area (Å²) < 4.78 is 15.6. The van der Waals surface area contributed by atoms with Crippen molar-refractivity contribution in [2.45, 2.75) is 13.5 Å². The third kappa shape index (κ3) is 2.62. The number of rotatable bonds is 4. The van der Waals surface area contributed by atoms with Crippen LogP contribution in [0.3, 0.4) is 0 Å². The summed E-state index contributed by atoms with van der Waals surface area (Å²) in [6.45, 7) is 5.25. The standard InChI is InChI=1S/C14H21NO5/c1-9-10(8-15-4-6-20-7-5-15)12(17)14(19-3)13(18-2)11(9)16/h16-17H,4-8H2,1-3H3. The van der Waals surface area contributed by atoms with E-state index < -0.39 is 0 Å². The van der Waals surface area contributed by atoms with Crippen LogP contribution in [0.1, 0.15) is 11.1 Å². The molecule has 6 heteroatoms. The molecule has 0 amide bonds. The van der Waals surface area contributed by atoms with Gasteiger partial charge in [0.05, 0.1) is 27.4 Å². The number of hydrogen-bond donors (Lipinski definition) is 2. The van der Waals surface area contributed by atoms with Crippen LogP contribution in [0.5, 0.6) is 23.0 Å². The van der Waals surface area contributed by atoms with Gasteiger partial charge in [-0.25, -0.2) is 0 Å². The van der Waals surface area contributed by atoms with Crippen molar-refractivity contribution >= 4 is 0 Å². The molecule has 0 aliphatic carbocycles. The Morgan fingerprint density at radius 3 is 2.15 bits per heavy atom. The van der Waals surface area contributed by atoms with Crippen molar-refractivity contribution in [3.8, 4) is 23.0 Å². The van der Waals surface area contributed by atoms with Crippen LogP contribution in [-0.2, 0) is 11.3 Å². The maximum absolute atomic E-state index is 10.4. The predicted molar refractivity (Wildman–Crippen MR) is 73.7 cm³/mol. The van der Waals surface area contributed by atoms with Gasteiger partial charge < -0.3 is 24.4 Å². The number of phenolic OH excluding ortho intramolecular Hbond substituents is 2. The van der Waals surface area contributed by atoms with Gasteiger partial charge in [0.1, 0.15) is 0 Å². The molecule has 0 radical (unpaired) electrons. The average molecular weight is 283 g/mol. The number of nitrogens with zero attached hydrogens (tertiary/aromatic N) is 1. The molecule has 20 heavy (non-hydrogen) atoms. The third-order valence-electron chi connectivity index (χ3n) is 3.62. The molecule has 6 nitrogen and oxygen atoms in total. The molecule has 0 aromatic heterocycles. The lowest BCUT2D eigenvalue weighted by Crippen LogP contribution is -2.35. The van der Waals surface area contributed by atoms with E-state index in [1.54, 1.807) is 6.92 Å². The highest BCUT2D eigenvalue weighted by atomic mass is 16.5. The van der Waals surface area contributed by atoms with E-state index in [9.17, 15) is 10.2 Å². The Morgan fingerprint density at radius 2 is 1.60 bits per heavy atom. The Bertz CT molecular complexity index is 483. The average Bonchev–Trinajstić information content (AvgIpc) is 2.48. The summed E-state index contributed by atoms with van der Waals surface area (Å²) in [5.41, 5.74) is 1.26. The quantitative estimate of drug-likeness (QED) is 0.811. The van der Waals surface area contributed by atoms with E-state index in [-0.39, 0.29) is 23.0 Å². The van der Waals surface area contributed by atoms with Gasteiger partial charge in [-0.2, -0.15) is 0 Å². The van der Waals surface area contributed by atoms with E-state index in [1.165, 1.54) is 14.2 Å². The molecule has 0 bridgehead atoms. The van der Waals surface area contributed by atoms with Crippen LogP contribution in [0.15, 0.2) is 0 Å². The summed E-state index contributed by atoms with van der Waals surface area (Å²) in [7, 11) is 2.86. The van der Waals surface area contributed by atoms with Gasteiger partial charge in [0, 0.05) is 30.8 Å². The van der Waals surface area contributed by atoms with Crippen molar-refractivity contribution in [2.75, 3.05) is 40.5 Å². The van der Waals surface area contributed by atoms with E-state index in [1.807, 2.05) is 0 Å². The number of aromatic hydroxyl groups is 2. The first-order chi connectivity index (χ1) is 9.60. The third-order valence-corrected chi connectivity index (χ3v) is 3.62. The lowest BCUT2D eigenvalue weighted by atomic mass is 10.0. The van der Waals surface area contributed by atoms with Crippen molar-refractivity contribution in [1.29, 1.82) is 0 Å². The summed E-state index contributed by atoms with van der Waals surface area (Å²) >= 11 is 0. The lowest BCUT2D eigenvalue weighted by Gasteiger charge is -2.28. The number of methoxy groups -OCH3 is 2. The van der Waals surface area contributed by atoms with Crippen LogP contribution in [0.4, 0.5) is 0 Å². The minimum Gasteiger partial charge on any atom is -0.504 e. The number of benzene rings is 1.